The zero-order valence-corrected chi connectivity index (χ0v) is 14.6. The summed E-state index contributed by atoms with van der Waals surface area (Å²) >= 11 is 0. The fraction of sp³-hybridized carbons (Fsp3) is 0.833. The number of nitriles is 1. The third-order valence-corrected chi connectivity index (χ3v) is 4.46. The predicted molar refractivity (Wildman–Crippen MR) is 90.5 cm³/mol. The van der Waals surface area contributed by atoms with Crippen molar-refractivity contribution in [3.8, 4) is 6.07 Å². The first-order valence-corrected chi connectivity index (χ1v) is 8.94. The van der Waals surface area contributed by atoms with Crippen LogP contribution < -0.4 is 5.32 Å². The van der Waals surface area contributed by atoms with Crippen molar-refractivity contribution in [2.75, 3.05) is 19.6 Å². The summed E-state index contributed by atoms with van der Waals surface area (Å²) in [6.07, 6.45) is 7.75. The Morgan fingerprint density at radius 1 is 1.22 bits per heavy atom. The van der Waals surface area contributed by atoms with E-state index < -0.39 is 0 Å². The highest BCUT2D eigenvalue weighted by Gasteiger charge is 2.19. The van der Waals surface area contributed by atoms with E-state index in [9.17, 15) is 9.59 Å². The lowest BCUT2D eigenvalue weighted by Crippen LogP contribution is -2.41. The third kappa shape index (κ3) is 8.59. The summed E-state index contributed by atoms with van der Waals surface area (Å²) < 4.78 is 0. The van der Waals surface area contributed by atoms with Gasteiger partial charge >= 0.3 is 0 Å². The van der Waals surface area contributed by atoms with Crippen LogP contribution in [0.15, 0.2) is 0 Å². The zero-order valence-electron chi connectivity index (χ0n) is 14.6. The molecule has 0 aromatic carbocycles. The van der Waals surface area contributed by atoms with Crippen LogP contribution in [0.25, 0.3) is 0 Å². The fourth-order valence-electron chi connectivity index (χ4n) is 2.97. The number of hydrogen-bond acceptors (Lipinski definition) is 3. The summed E-state index contributed by atoms with van der Waals surface area (Å²) in [6, 6.07) is 2.08. The van der Waals surface area contributed by atoms with Gasteiger partial charge in [0.25, 0.3) is 0 Å². The highest BCUT2D eigenvalue weighted by atomic mass is 16.2. The Labute approximate surface area is 140 Å². The van der Waals surface area contributed by atoms with Crippen molar-refractivity contribution in [3.63, 3.8) is 0 Å². The lowest BCUT2D eigenvalue weighted by atomic mass is 9.87. The Hall–Kier alpha value is -1.57. The standard InChI is InChI=1S/C18H31N3O2/c1-15(2)9-12-21(11-6-10-19)18(23)14-20-17(22)13-16-7-4-3-5-8-16/h15-16H,3-9,11-14H2,1-2H3,(H,20,22). The van der Waals surface area contributed by atoms with Crippen molar-refractivity contribution in [1.82, 2.24) is 10.2 Å². The van der Waals surface area contributed by atoms with Gasteiger partial charge in [0.05, 0.1) is 19.0 Å². The summed E-state index contributed by atoms with van der Waals surface area (Å²) in [7, 11) is 0. The van der Waals surface area contributed by atoms with Gasteiger partial charge in [0.1, 0.15) is 0 Å². The zero-order chi connectivity index (χ0) is 17.1. The average Bonchev–Trinajstić information content (AvgIpc) is 2.53. The molecule has 0 aliphatic heterocycles. The number of hydrogen-bond donors (Lipinski definition) is 1. The number of nitrogens with zero attached hydrogens (tertiary/aromatic N) is 2. The minimum Gasteiger partial charge on any atom is -0.347 e. The first-order chi connectivity index (χ1) is 11.0. The van der Waals surface area contributed by atoms with E-state index in [-0.39, 0.29) is 18.4 Å². The number of nitrogens with one attached hydrogen (secondary N) is 1. The maximum Gasteiger partial charge on any atom is 0.241 e. The van der Waals surface area contributed by atoms with Crippen molar-refractivity contribution in [2.24, 2.45) is 11.8 Å². The molecule has 0 heterocycles. The molecule has 1 rings (SSSR count). The Morgan fingerprint density at radius 3 is 2.52 bits per heavy atom. The molecule has 0 aromatic heterocycles. The molecule has 1 fully saturated rings. The molecule has 0 radical (unpaired) electrons. The summed E-state index contributed by atoms with van der Waals surface area (Å²) in [5.74, 6) is 0.884. The minimum atomic E-state index is -0.0853. The molecule has 0 atom stereocenters. The van der Waals surface area contributed by atoms with Crippen LogP contribution in [-0.2, 0) is 9.59 Å². The highest BCUT2D eigenvalue weighted by Crippen LogP contribution is 2.25. The van der Waals surface area contributed by atoms with Gasteiger partial charge < -0.3 is 10.2 Å². The molecule has 1 aliphatic carbocycles. The van der Waals surface area contributed by atoms with Gasteiger partial charge in [0, 0.05) is 19.5 Å². The largest absolute Gasteiger partial charge is 0.347 e. The van der Waals surface area contributed by atoms with Crippen LogP contribution >= 0.6 is 0 Å². The lowest BCUT2D eigenvalue weighted by molar-refractivity contribution is -0.133. The van der Waals surface area contributed by atoms with Gasteiger partial charge in [-0.15, -0.1) is 0 Å². The average molecular weight is 321 g/mol. The molecular weight excluding hydrogens is 290 g/mol. The van der Waals surface area contributed by atoms with Crippen LogP contribution in [0.2, 0.25) is 0 Å². The van der Waals surface area contributed by atoms with Gasteiger partial charge in [-0.05, 0) is 31.1 Å². The molecule has 5 heteroatoms. The number of carbonyl (C=O) groups is 2. The van der Waals surface area contributed by atoms with Gasteiger partial charge in [-0.25, -0.2) is 0 Å². The molecule has 1 N–H and O–H groups in total. The van der Waals surface area contributed by atoms with E-state index in [0.29, 0.717) is 37.8 Å². The van der Waals surface area contributed by atoms with Crippen LogP contribution in [0.4, 0.5) is 0 Å². The molecule has 0 aromatic rings. The summed E-state index contributed by atoms with van der Waals surface area (Å²) in [6.45, 7) is 5.37. The van der Waals surface area contributed by atoms with Crippen LogP contribution in [0, 0.1) is 23.2 Å². The maximum absolute atomic E-state index is 12.3. The van der Waals surface area contributed by atoms with Gasteiger partial charge in [0.15, 0.2) is 0 Å². The maximum atomic E-state index is 12.3. The predicted octanol–water partition coefficient (Wildman–Crippen LogP) is 2.86. The molecule has 23 heavy (non-hydrogen) atoms. The molecule has 0 bridgehead atoms. The second kappa shape index (κ2) is 11.0. The topological polar surface area (TPSA) is 73.2 Å². The molecule has 130 valence electrons. The highest BCUT2D eigenvalue weighted by molar-refractivity contribution is 5.84. The SMILES string of the molecule is CC(C)CCN(CCC#N)C(=O)CNC(=O)CC1CCCCC1. The quantitative estimate of drug-likeness (QED) is 0.709. The first-order valence-electron chi connectivity index (χ1n) is 8.94. The van der Waals surface area contributed by atoms with E-state index in [0.717, 1.165) is 19.3 Å². The Bertz CT molecular complexity index is 409. The Balaban J connectivity index is 2.34. The summed E-state index contributed by atoms with van der Waals surface area (Å²) in [5.41, 5.74) is 0. The van der Waals surface area contributed by atoms with E-state index in [1.54, 1.807) is 4.90 Å². The lowest BCUT2D eigenvalue weighted by Gasteiger charge is -2.24. The van der Waals surface area contributed by atoms with E-state index in [4.69, 9.17) is 5.26 Å². The summed E-state index contributed by atoms with van der Waals surface area (Å²) in [4.78, 5) is 25.9. The molecule has 2 amide bonds. The molecule has 5 nitrogen and oxygen atoms in total. The van der Waals surface area contributed by atoms with Crippen molar-refractivity contribution < 1.29 is 9.59 Å². The monoisotopic (exact) mass is 321 g/mol. The molecule has 0 unspecified atom stereocenters. The first kappa shape index (κ1) is 19.5. The third-order valence-electron chi connectivity index (χ3n) is 4.46. The van der Waals surface area contributed by atoms with Crippen molar-refractivity contribution in [3.05, 3.63) is 0 Å². The van der Waals surface area contributed by atoms with E-state index in [2.05, 4.69) is 25.2 Å². The van der Waals surface area contributed by atoms with Crippen LogP contribution in [0.5, 0.6) is 0 Å². The van der Waals surface area contributed by atoms with Gasteiger partial charge in [0.2, 0.25) is 11.8 Å². The Kier molecular flexibility index (Phi) is 9.35. The van der Waals surface area contributed by atoms with Crippen molar-refractivity contribution in [2.45, 2.75) is 65.2 Å². The number of carbonyl (C=O) groups excluding carboxylic acids is 2. The number of amides is 2. The van der Waals surface area contributed by atoms with Crippen molar-refractivity contribution >= 4 is 11.8 Å². The van der Waals surface area contributed by atoms with Gasteiger partial charge in [-0.2, -0.15) is 5.26 Å². The summed E-state index contributed by atoms with van der Waals surface area (Å²) in [5, 5.41) is 11.5. The fourth-order valence-corrected chi connectivity index (χ4v) is 2.97. The van der Waals surface area contributed by atoms with Crippen LogP contribution in [0.1, 0.15) is 65.2 Å². The van der Waals surface area contributed by atoms with E-state index >= 15 is 0 Å². The minimum absolute atomic E-state index is 0.0191. The second-order valence-corrected chi connectivity index (χ2v) is 6.96. The Morgan fingerprint density at radius 2 is 1.91 bits per heavy atom. The molecule has 0 saturated heterocycles. The van der Waals surface area contributed by atoms with Gasteiger partial charge in [-0.1, -0.05) is 33.1 Å². The second-order valence-electron chi connectivity index (χ2n) is 6.96. The number of rotatable bonds is 9. The van der Waals surface area contributed by atoms with E-state index in [1.165, 1.54) is 19.3 Å². The molecular formula is C18H31N3O2. The smallest absolute Gasteiger partial charge is 0.241 e. The normalized spacial score (nSPS) is 15.2. The van der Waals surface area contributed by atoms with Gasteiger partial charge in [-0.3, -0.25) is 9.59 Å². The molecule has 0 spiro atoms. The molecule has 1 aliphatic rings. The van der Waals surface area contributed by atoms with Crippen LogP contribution in [0.3, 0.4) is 0 Å². The molecule has 1 saturated carbocycles. The van der Waals surface area contributed by atoms with Crippen molar-refractivity contribution in [1.29, 1.82) is 5.26 Å². The van der Waals surface area contributed by atoms with Crippen LogP contribution in [-0.4, -0.2) is 36.3 Å². The van der Waals surface area contributed by atoms with E-state index in [1.807, 2.05) is 0 Å².